The van der Waals surface area contributed by atoms with Crippen molar-refractivity contribution in [3.8, 4) is 0 Å². The number of thiophene rings is 1. The van der Waals surface area contributed by atoms with Gasteiger partial charge < -0.3 is 4.74 Å². The number of hydrogen-bond donors (Lipinski definition) is 2. The van der Waals surface area contributed by atoms with Crippen LogP contribution in [0.2, 0.25) is 5.02 Å². The molecule has 1 aliphatic rings. The molecule has 0 spiro atoms. The molecule has 1 aliphatic carbocycles. The van der Waals surface area contributed by atoms with Crippen LogP contribution >= 0.6 is 22.9 Å². The molecule has 114 valence electrons. The molecule has 1 atom stereocenters. The molecule has 3 N–H and O–H groups in total. The Hall–Kier alpha value is -0.130. The lowest BCUT2D eigenvalue weighted by Gasteiger charge is -2.47. The van der Waals surface area contributed by atoms with Gasteiger partial charge in [0.1, 0.15) is 0 Å². The number of hydrogen-bond acceptors (Lipinski definition) is 4. The van der Waals surface area contributed by atoms with Gasteiger partial charge in [0.05, 0.1) is 16.7 Å². The second-order valence-electron chi connectivity index (χ2n) is 6.39. The van der Waals surface area contributed by atoms with Crippen LogP contribution in [0.25, 0.3) is 0 Å². The maximum Gasteiger partial charge on any atom is 0.0898 e. The quantitative estimate of drug-likeness (QED) is 0.629. The van der Waals surface area contributed by atoms with Crippen LogP contribution in [0, 0.1) is 5.41 Å². The Kier molecular flexibility index (Phi) is 5.14. The largest absolute Gasteiger partial charge is 0.373 e. The zero-order chi connectivity index (χ0) is 14.8. The lowest BCUT2D eigenvalue weighted by atomic mass is 9.68. The van der Waals surface area contributed by atoms with Gasteiger partial charge in [0, 0.05) is 11.5 Å². The molecule has 1 saturated carbocycles. The van der Waals surface area contributed by atoms with Crippen LogP contribution in [0.3, 0.4) is 0 Å². The van der Waals surface area contributed by atoms with Crippen LogP contribution in [-0.4, -0.2) is 12.2 Å². The molecule has 0 radical (unpaired) electrons. The smallest absolute Gasteiger partial charge is 0.0898 e. The van der Waals surface area contributed by atoms with Crippen molar-refractivity contribution in [1.29, 1.82) is 0 Å². The molecule has 0 bridgehead atoms. The minimum Gasteiger partial charge on any atom is -0.373 e. The van der Waals surface area contributed by atoms with Gasteiger partial charge in [-0.2, -0.15) is 0 Å². The first-order chi connectivity index (χ1) is 9.44. The van der Waals surface area contributed by atoms with E-state index in [1.165, 1.54) is 0 Å². The minimum atomic E-state index is -0.243. The highest BCUT2D eigenvalue weighted by Crippen LogP contribution is 2.49. The number of nitrogens with one attached hydrogen (secondary N) is 1. The summed E-state index contributed by atoms with van der Waals surface area (Å²) >= 11 is 7.96. The van der Waals surface area contributed by atoms with E-state index >= 15 is 0 Å². The first-order valence-corrected chi connectivity index (χ1v) is 8.53. The first kappa shape index (κ1) is 16.2. The maximum atomic E-state index is 6.31. The SMILES string of the molecule is CCOC1(C(NN)c2sccc2Cl)CCC(C)(C)CC1. The van der Waals surface area contributed by atoms with Crippen molar-refractivity contribution in [2.24, 2.45) is 11.3 Å². The van der Waals surface area contributed by atoms with Gasteiger partial charge in [-0.05, 0) is 49.5 Å². The summed E-state index contributed by atoms with van der Waals surface area (Å²) in [5.41, 5.74) is 3.11. The average Bonchev–Trinajstić information content (AvgIpc) is 2.81. The molecule has 0 aliphatic heterocycles. The molecular weight excluding hydrogens is 292 g/mol. The molecule has 5 heteroatoms. The predicted octanol–water partition coefficient (Wildman–Crippen LogP) is 4.28. The fraction of sp³-hybridized carbons (Fsp3) is 0.733. The maximum absolute atomic E-state index is 6.31. The fourth-order valence-electron chi connectivity index (χ4n) is 3.13. The highest BCUT2D eigenvalue weighted by atomic mass is 35.5. The minimum absolute atomic E-state index is 0.0361. The van der Waals surface area contributed by atoms with Crippen molar-refractivity contribution in [3.63, 3.8) is 0 Å². The van der Waals surface area contributed by atoms with Crippen LogP contribution in [0.15, 0.2) is 11.4 Å². The number of hydrazine groups is 1. The molecular formula is C15H25ClN2OS. The first-order valence-electron chi connectivity index (χ1n) is 7.27. The average molecular weight is 317 g/mol. The predicted molar refractivity (Wildman–Crippen MR) is 86.0 cm³/mol. The van der Waals surface area contributed by atoms with Crippen LogP contribution in [0.1, 0.15) is 57.4 Å². The second kappa shape index (κ2) is 6.32. The van der Waals surface area contributed by atoms with Gasteiger partial charge in [-0.3, -0.25) is 5.84 Å². The Morgan fingerprint density at radius 1 is 1.40 bits per heavy atom. The number of nitrogens with two attached hydrogens (primary N) is 1. The summed E-state index contributed by atoms with van der Waals surface area (Å²) in [6.07, 6.45) is 4.32. The van der Waals surface area contributed by atoms with E-state index in [-0.39, 0.29) is 11.6 Å². The number of rotatable bonds is 5. The normalized spacial score (nSPS) is 22.6. The zero-order valence-electron chi connectivity index (χ0n) is 12.5. The molecule has 20 heavy (non-hydrogen) atoms. The summed E-state index contributed by atoms with van der Waals surface area (Å²) in [4.78, 5) is 1.09. The molecule has 1 fully saturated rings. The third-order valence-corrected chi connectivity index (χ3v) is 5.90. The van der Waals surface area contributed by atoms with Gasteiger partial charge in [0.25, 0.3) is 0 Å². The lowest BCUT2D eigenvalue weighted by molar-refractivity contribution is -0.107. The monoisotopic (exact) mass is 316 g/mol. The van der Waals surface area contributed by atoms with Gasteiger partial charge in [-0.25, -0.2) is 5.43 Å². The Bertz CT molecular complexity index is 437. The Balaban J connectivity index is 2.29. The summed E-state index contributed by atoms with van der Waals surface area (Å²) in [5.74, 6) is 5.86. The van der Waals surface area contributed by atoms with Crippen molar-refractivity contribution < 1.29 is 4.74 Å². The van der Waals surface area contributed by atoms with E-state index in [9.17, 15) is 0 Å². The standard InChI is InChI=1S/C15H25ClN2OS/c1-4-19-15(8-6-14(2,3)7-9-15)13(18-17)12-11(16)5-10-20-12/h5,10,13,18H,4,6-9,17H2,1-3H3. The van der Waals surface area contributed by atoms with E-state index in [0.717, 1.165) is 35.6 Å². The highest BCUT2D eigenvalue weighted by molar-refractivity contribution is 7.10. The van der Waals surface area contributed by atoms with Crippen molar-refractivity contribution in [2.45, 2.75) is 58.1 Å². The molecule has 0 aromatic carbocycles. The summed E-state index contributed by atoms with van der Waals surface area (Å²) in [6.45, 7) is 7.39. The Labute approximate surface area is 130 Å². The van der Waals surface area contributed by atoms with Crippen molar-refractivity contribution in [1.82, 2.24) is 5.43 Å². The Morgan fingerprint density at radius 2 is 2.05 bits per heavy atom. The van der Waals surface area contributed by atoms with Crippen LogP contribution in [0.5, 0.6) is 0 Å². The molecule has 1 aromatic heterocycles. The molecule has 2 rings (SSSR count). The van der Waals surface area contributed by atoms with E-state index < -0.39 is 0 Å². The van der Waals surface area contributed by atoms with Crippen LogP contribution in [-0.2, 0) is 4.74 Å². The Morgan fingerprint density at radius 3 is 2.50 bits per heavy atom. The topological polar surface area (TPSA) is 47.3 Å². The van der Waals surface area contributed by atoms with E-state index in [1.54, 1.807) is 11.3 Å². The fourth-order valence-corrected chi connectivity index (χ4v) is 4.46. The van der Waals surface area contributed by atoms with Gasteiger partial charge >= 0.3 is 0 Å². The van der Waals surface area contributed by atoms with Gasteiger partial charge in [0.15, 0.2) is 0 Å². The van der Waals surface area contributed by atoms with Crippen molar-refractivity contribution >= 4 is 22.9 Å². The van der Waals surface area contributed by atoms with Gasteiger partial charge in [0.2, 0.25) is 0 Å². The molecule has 0 saturated heterocycles. The van der Waals surface area contributed by atoms with E-state index in [2.05, 4.69) is 19.3 Å². The summed E-state index contributed by atoms with van der Waals surface area (Å²) in [6, 6.07) is 1.89. The summed E-state index contributed by atoms with van der Waals surface area (Å²) < 4.78 is 6.20. The van der Waals surface area contributed by atoms with E-state index in [1.807, 2.05) is 18.4 Å². The lowest BCUT2D eigenvalue weighted by Crippen LogP contribution is -2.51. The van der Waals surface area contributed by atoms with Crippen molar-refractivity contribution in [2.75, 3.05) is 6.61 Å². The van der Waals surface area contributed by atoms with E-state index in [4.69, 9.17) is 22.2 Å². The molecule has 1 unspecified atom stereocenters. The van der Waals surface area contributed by atoms with Crippen LogP contribution in [0.4, 0.5) is 0 Å². The summed E-state index contributed by atoms with van der Waals surface area (Å²) in [7, 11) is 0. The van der Waals surface area contributed by atoms with Crippen molar-refractivity contribution in [3.05, 3.63) is 21.3 Å². The summed E-state index contributed by atoms with van der Waals surface area (Å²) in [5, 5.41) is 2.79. The third-order valence-electron chi connectivity index (χ3n) is 4.48. The van der Waals surface area contributed by atoms with E-state index in [0.29, 0.717) is 12.0 Å². The molecule has 3 nitrogen and oxygen atoms in total. The molecule has 1 aromatic rings. The van der Waals surface area contributed by atoms with Crippen LogP contribution < -0.4 is 11.3 Å². The molecule has 0 amide bonds. The number of halogens is 1. The zero-order valence-corrected chi connectivity index (χ0v) is 14.1. The number of ether oxygens (including phenoxy) is 1. The third kappa shape index (κ3) is 3.20. The van der Waals surface area contributed by atoms with Gasteiger partial charge in [-0.15, -0.1) is 11.3 Å². The molecule has 1 heterocycles. The highest BCUT2D eigenvalue weighted by Gasteiger charge is 2.46. The second-order valence-corrected chi connectivity index (χ2v) is 7.75. The van der Waals surface area contributed by atoms with Gasteiger partial charge in [-0.1, -0.05) is 25.4 Å².